The maximum atomic E-state index is 12.3. The summed E-state index contributed by atoms with van der Waals surface area (Å²) >= 11 is 0. The topological polar surface area (TPSA) is 67.4 Å². The minimum atomic E-state index is -0.646. The van der Waals surface area contributed by atoms with Crippen molar-refractivity contribution in [1.82, 2.24) is 5.32 Å². The van der Waals surface area contributed by atoms with E-state index >= 15 is 0 Å². The van der Waals surface area contributed by atoms with E-state index < -0.39 is 6.10 Å². The molecule has 2 amide bonds. The number of ether oxygens (including phenoxy) is 1. The Hall–Kier alpha value is -2.82. The van der Waals surface area contributed by atoms with Crippen LogP contribution in [-0.2, 0) is 4.79 Å². The number of benzene rings is 2. The lowest BCUT2D eigenvalue weighted by atomic mass is 9.95. The van der Waals surface area contributed by atoms with Gasteiger partial charge in [0.25, 0.3) is 11.8 Å². The van der Waals surface area contributed by atoms with E-state index in [0.717, 1.165) is 18.5 Å². The van der Waals surface area contributed by atoms with E-state index in [-0.39, 0.29) is 17.9 Å². The zero-order chi connectivity index (χ0) is 19.1. The van der Waals surface area contributed by atoms with Gasteiger partial charge in [-0.3, -0.25) is 9.59 Å². The third kappa shape index (κ3) is 5.58. The first-order valence-corrected chi connectivity index (χ1v) is 9.55. The average molecular weight is 366 g/mol. The van der Waals surface area contributed by atoms with Gasteiger partial charge >= 0.3 is 0 Å². The third-order valence-corrected chi connectivity index (χ3v) is 4.78. The molecule has 0 aliphatic heterocycles. The van der Waals surface area contributed by atoms with Crippen LogP contribution < -0.4 is 15.4 Å². The van der Waals surface area contributed by atoms with Crippen LogP contribution in [0.1, 0.15) is 49.4 Å². The number of rotatable bonds is 6. The Kier molecular flexibility index (Phi) is 6.47. The van der Waals surface area contributed by atoms with Crippen LogP contribution in [0.15, 0.2) is 54.6 Å². The highest BCUT2D eigenvalue weighted by Gasteiger charge is 2.18. The Balaban J connectivity index is 1.52. The summed E-state index contributed by atoms with van der Waals surface area (Å²) < 4.78 is 5.69. The van der Waals surface area contributed by atoms with E-state index in [2.05, 4.69) is 10.6 Å². The first-order valence-electron chi connectivity index (χ1n) is 9.55. The minimum absolute atomic E-state index is 0.0525. The number of hydrogen-bond donors (Lipinski definition) is 2. The Morgan fingerprint density at radius 1 is 0.963 bits per heavy atom. The second-order valence-corrected chi connectivity index (χ2v) is 6.95. The molecule has 0 unspecified atom stereocenters. The molecule has 0 heterocycles. The second kappa shape index (κ2) is 9.21. The molecule has 2 aromatic rings. The van der Waals surface area contributed by atoms with Crippen molar-refractivity contribution in [3.8, 4) is 5.75 Å². The van der Waals surface area contributed by atoms with Crippen LogP contribution in [0.25, 0.3) is 0 Å². The number of amides is 2. The van der Waals surface area contributed by atoms with Gasteiger partial charge in [-0.1, -0.05) is 37.5 Å². The molecule has 1 saturated carbocycles. The normalized spacial score (nSPS) is 15.6. The summed E-state index contributed by atoms with van der Waals surface area (Å²) in [7, 11) is 0. The van der Waals surface area contributed by atoms with Gasteiger partial charge in [0.15, 0.2) is 6.10 Å². The van der Waals surface area contributed by atoms with Gasteiger partial charge in [0, 0.05) is 17.3 Å². The van der Waals surface area contributed by atoms with Gasteiger partial charge in [-0.2, -0.15) is 0 Å². The van der Waals surface area contributed by atoms with Crippen molar-refractivity contribution in [3.63, 3.8) is 0 Å². The minimum Gasteiger partial charge on any atom is -0.481 e. The van der Waals surface area contributed by atoms with Crippen molar-refractivity contribution in [2.45, 2.75) is 51.2 Å². The van der Waals surface area contributed by atoms with Crippen molar-refractivity contribution in [2.24, 2.45) is 0 Å². The van der Waals surface area contributed by atoms with Crippen molar-refractivity contribution in [1.29, 1.82) is 0 Å². The highest BCUT2D eigenvalue weighted by atomic mass is 16.5. The first kappa shape index (κ1) is 19.0. The Bertz CT molecular complexity index is 753. The Morgan fingerprint density at radius 2 is 1.63 bits per heavy atom. The van der Waals surface area contributed by atoms with E-state index in [1.54, 1.807) is 31.2 Å². The van der Waals surface area contributed by atoms with Crippen LogP contribution in [0.2, 0.25) is 0 Å². The van der Waals surface area contributed by atoms with Gasteiger partial charge in [-0.05, 0) is 56.2 Å². The summed E-state index contributed by atoms with van der Waals surface area (Å²) in [5, 5.41) is 5.91. The highest BCUT2D eigenvalue weighted by Crippen LogP contribution is 2.19. The van der Waals surface area contributed by atoms with E-state index in [9.17, 15) is 9.59 Å². The zero-order valence-corrected chi connectivity index (χ0v) is 15.6. The molecule has 3 rings (SSSR count). The van der Waals surface area contributed by atoms with E-state index in [1.807, 2.05) is 30.3 Å². The molecule has 0 saturated heterocycles. The molecule has 2 aromatic carbocycles. The first-order chi connectivity index (χ1) is 13.1. The fourth-order valence-electron chi connectivity index (χ4n) is 3.22. The van der Waals surface area contributed by atoms with Crippen LogP contribution in [0, 0.1) is 0 Å². The number of para-hydroxylation sites is 1. The molecular formula is C22H26N2O3. The van der Waals surface area contributed by atoms with E-state index in [1.165, 1.54) is 19.3 Å². The standard InChI is InChI=1S/C22H26N2O3/c1-16(21(25)23-18-8-4-2-5-9-18)27-20-14-12-17(13-15-20)22(26)24-19-10-6-3-7-11-19/h2,4-5,8-9,12-16,19H,3,6-7,10-11H2,1H3,(H,23,25)(H,24,26)/t16-/m0/s1. The maximum Gasteiger partial charge on any atom is 0.265 e. The van der Waals surface area contributed by atoms with Crippen LogP contribution in [0.3, 0.4) is 0 Å². The number of carbonyl (C=O) groups is 2. The molecule has 0 aromatic heterocycles. The van der Waals surface area contributed by atoms with Crippen molar-refractivity contribution < 1.29 is 14.3 Å². The smallest absolute Gasteiger partial charge is 0.265 e. The predicted octanol–water partition coefficient (Wildman–Crippen LogP) is 4.16. The third-order valence-electron chi connectivity index (χ3n) is 4.78. The van der Waals surface area contributed by atoms with Crippen molar-refractivity contribution in [2.75, 3.05) is 5.32 Å². The summed E-state index contributed by atoms with van der Waals surface area (Å²) in [4.78, 5) is 24.6. The van der Waals surface area contributed by atoms with Crippen LogP contribution in [0.5, 0.6) is 5.75 Å². The molecular weight excluding hydrogens is 340 g/mol. The summed E-state index contributed by atoms with van der Waals surface area (Å²) in [5.41, 5.74) is 1.34. The lowest BCUT2D eigenvalue weighted by Crippen LogP contribution is -2.36. The van der Waals surface area contributed by atoms with Crippen LogP contribution >= 0.6 is 0 Å². The molecule has 0 spiro atoms. The zero-order valence-electron chi connectivity index (χ0n) is 15.6. The number of anilines is 1. The molecule has 142 valence electrons. The van der Waals surface area contributed by atoms with Gasteiger partial charge in [-0.15, -0.1) is 0 Å². The fraction of sp³-hybridized carbons (Fsp3) is 0.364. The average Bonchev–Trinajstić information content (AvgIpc) is 2.70. The lowest BCUT2D eigenvalue weighted by molar-refractivity contribution is -0.122. The monoisotopic (exact) mass is 366 g/mol. The van der Waals surface area contributed by atoms with Crippen molar-refractivity contribution >= 4 is 17.5 Å². The SMILES string of the molecule is C[C@H](Oc1ccc(C(=O)NC2CCCCC2)cc1)C(=O)Nc1ccccc1. The highest BCUT2D eigenvalue weighted by molar-refractivity contribution is 5.95. The molecule has 2 N–H and O–H groups in total. The Morgan fingerprint density at radius 3 is 2.30 bits per heavy atom. The summed E-state index contributed by atoms with van der Waals surface area (Å²) in [6.07, 6.45) is 5.09. The molecule has 1 aliphatic carbocycles. The summed E-state index contributed by atoms with van der Waals surface area (Å²) in [5.74, 6) is 0.281. The fourth-order valence-corrected chi connectivity index (χ4v) is 3.22. The Labute approximate surface area is 160 Å². The number of nitrogens with one attached hydrogen (secondary N) is 2. The maximum absolute atomic E-state index is 12.3. The van der Waals surface area contributed by atoms with Gasteiger partial charge in [0.05, 0.1) is 0 Å². The summed E-state index contributed by atoms with van der Waals surface area (Å²) in [6.45, 7) is 1.70. The molecule has 27 heavy (non-hydrogen) atoms. The van der Waals surface area contributed by atoms with E-state index in [4.69, 9.17) is 4.74 Å². The molecule has 1 fully saturated rings. The number of hydrogen-bond acceptors (Lipinski definition) is 3. The van der Waals surface area contributed by atoms with E-state index in [0.29, 0.717) is 11.3 Å². The molecule has 1 atom stereocenters. The summed E-state index contributed by atoms with van der Waals surface area (Å²) in [6, 6.07) is 16.4. The van der Waals surface area contributed by atoms with Gasteiger partial charge in [0.1, 0.15) is 5.75 Å². The molecule has 5 heteroatoms. The van der Waals surface area contributed by atoms with Crippen LogP contribution in [0.4, 0.5) is 5.69 Å². The predicted molar refractivity (Wildman–Crippen MR) is 106 cm³/mol. The largest absolute Gasteiger partial charge is 0.481 e. The molecule has 0 bridgehead atoms. The van der Waals surface area contributed by atoms with Gasteiger partial charge < -0.3 is 15.4 Å². The van der Waals surface area contributed by atoms with Gasteiger partial charge in [-0.25, -0.2) is 0 Å². The van der Waals surface area contributed by atoms with Crippen molar-refractivity contribution in [3.05, 3.63) is 60.2 Å². The molecule has 1 aliphatic rings. The van der Waals surface area contributed by atoms with Gasteiger partial charge in [0.2, 0.25) is 0 Å². The molecule has 5 nitrogen and oxygen atoms in total. The quantitative estimate of drug-likeness (QED) is 0.807. The molecule has 0 radical (unpaired) electrons. The second-order valence-electron chi connectivity index (χ2n) is 6.95. The lowest BCUT2D eigenvalue weighted by Gasteiger charge is -2.22. The number of carbonyl (C=O) groups excluding carboxylic acids is 2. The van der Waals surface area contributed by atoms with Crippen LogP contribution in [-0.4, -0.2) is 24.0 Å².